The Labute approximate surface area is 123 Å². The van der Waals surface area contributed by atoms with E-state index in [1.54, 1.807) is 30.3 Å². The highest BCUT2D eigenvalue weighted by molar-refractivity contribution is 5.83. The van der Waals surface area contributed by atoms with Crippen LogP contribution in [0.3, 0.4) is 0 Å². The third kappa shape index (κ3) is 4.19. The first kappa shape index (κ1) is 15.3. The number of amides is 2. The van der Waals surface area contributed by atoms with Gasteiger partial charge in [-0.1, -0.05) is 43.2 Å². The number of hydrogen-bond acceptors (Lipinski definition) is 3. The zero-order valence-corrected chi connectivity index (χ0v) is 11.8. The molecule has 1 aromatic rings. The van der Waals surface area contributed by atoms with Gasteiger partial charge in [-0.15, -0.1) is 0 Å². The van der Waals surface area contributed by atoms with Crippen LogP contribution in [0.25, 0.3) is 0 Å². The number of carboxylic acids is 1. The highest BCUT2D eigenvalue weighted by atomic mass is 16.4. The molecule has 0 spiro atoms. The summed E-state index contributed by atoms with van der Waals surface area (Å²) >= 11 is 0. The van der Waals surface area contributed by atoms with Crippen molar-refractivity contribution in [2.24, 2.45) is 5.73 Å². The fraction of sp³-hybridized carbons (Fsp3) is 0.467. The van der Waals surface area contributed by atoms with E-state index in [0.717, 1.165) is 25.7 Å². The predicted octanol–water partition coefficient (Wildman–Crippen LogP) is 1.38. The molecular weight excluding hydrogens is 270 g/mol. The standard InChI is InChI=1S/C15H21N3O3/c16-11-8-4-5-9-12(11)17-15(21)18-13(14(19)20)10-6-2-1-3-7-10/h1-3,6-7,11-13H,4-5,8-9,16H2,(H,19,20)(H2,17,18,21)/t11?,12?,13-/m1/s1. The maximum absolute atomic E-state index is 12.0. The number of carbonyl (C=O) groups excluding carboxylic acids is 1. The summed E-state index contributed by atoms with van der Waals surface area (Å²) in [5.74, 6) is -1.09. The second-order valence-corrected chi connectivity index (χ2v) is 5.35. The van der Waals surface area contributed by atoms with Crippen molar-refractivity contribution in [2.75, 3.05) is 0 Å². The van der Waals surface area contributed by atoms with Crippen molar-refractivity contribution in [2.45, 2.75) is 43.8 Å². The number of nitrogens with one attached hydrogen (secondary N) is 2. The molecule has 0 radical (unpaired) electrons. The van der Waals surface area contributed by atoms with Crippen LogP contribution in [0.4, 0.5) is 4.79 Å². The van der Waals surface area contributed by atoms with E-state index in [-0.39, 0.29) is 12.1 Å². The molecule has 0 bridgehead atoms. The summed E-state index contributed by atoms with van der Waals surface area (Å²) in [7, 11) is 0. The fourth-order valence-electron chi connectivity index (χ4n) is 2.61. The lowest BCUT2D eigenvalue weighted by atomic mass is 9.91. The van der Waals surface area contributed by atoms with Gasteiger partial charge in [0.05, 0.1) is 0 Å². The molecule has 1 aliphatic carbocycles. The lowest BCUT2D eigenvalue weighted by molar-refractivity contribution is -0.139. The summed E-state index contributed by atoms with van der Waals surface area (Å²) in [5.41, 5.74) is 6.51. The van der Waals surface area contributed by atoms with E-state index in [9.17, 15) is 14.7 Å². The fourth-order valence-corrected chi connectivity index (χ4v) is 2.61. The average molecular weight is 291 g/mol. The molecular formula is C15H21N3O3. The molecule has 2 amide bonds. The average Bonchev–Trinajstić information content (AvgIpc) is 2.48. The summed E-state index contributed by atoms with van der Waals surface area (Å²) < 4.78 is 0. The monoisotopic (exact) mass is 291 g/mol. The first-order chi connectivity index (χ1) is 10.1. The third-order valence-electron chi connectivity index (χ3n) is 3.79. The number of carbonyl (C=O) groups is 2. The SMILES string of the molecule is NC1CCCCC1NC(=O)N[C@@H](C(=O)O)c1ccccc1. The van der Waals surface area contributed by atoms with Gasteiger partial charge in [-0.25, -0.2) is 9.59 Å². The Morgan fingerprint density at radius 2 is 1.86 bits per heavy atom. The lowest BCUT2D eigenvalue weighted by Crippen LogP contribution is -2.53. The van der Waals surface area contributed by atoms with Gasteiger partial charge in [-0.3, -0.25) is 0 Å². The number of urea groups is 1. The summed E-state index contributed by atoms with van der Waals surface area (Å²) in [6.07, 6.45) is 3.81. The van der Waals surface area contributed by atoms with E-state index in [0.29, 0.717) is 5.56 Å². The van der Waals surface area contributed by atoms with Crippen LogP contribution in [-0.4, -0.2) is 29.2 Å². The zero-order valence-electron chi connectivity index (χ0n) is 11.8. The molecule has 1 aromatic carbocycles. The quantitative estimate of drug-likeness (QED) is 0.672. The van der Waals surface area contributed by atoms with Crippen LogP contribution in [0.15, 0.2) is 30.3 Å². The van der Waals surface area contributed by atoms with Gasteiger partial charge in [-0.2, -0.15) is 0 Å². The number of hydrogen-bond donors (Lipinski definition) is 4. The first-order valence-electron chi connectivity index (χ1n) is 7.18. The summed E-state index contributed by atoms with van der Waals surface area (Å²) in [4.78, 5) is 23.3. The lowest BCUT2D eigenvalue weighted by Gasteiger charge is -2.29. The van der Waals surface area contributed by atoms with Crippen molar-refractivity contribution in [3.63, 3.8) is 0 Å². The van der Waals surface area contributed by atoms with Crippen molar-refractivity contribution in [3.8, 4) is 0 Å². The smallest absolute Gasteiger partial charge is 0.330 e. The molecule has 2 unspecified atom stereocenters. The van der Waals surface area contributed by atoms with Crippen molar-refractivity contribution in [1.29, 1.82) is 0 Å². The van der Waals surface area contributed by atoms with Gasteiger partial charge in [0.25, 0.3) is 0 Å². The van der Waals surface area contributed by atoms with Gasteiger partial charge in [0.2, 0.25) is 0 Å². The second-order valence-electron chi connectivity index (χ2n) is 5.35. The van der Waals surface area contributed by atoms with Crippen molar-refractivity contribution >= 4 is 12.0 Å². The molecule has 3 atom stereocenters. The minimum atomic E-state index is -1.09. The summed E-state index contributed by atoms with van der Waals surface area (Å²) in [5, 5.41) is 14.5. The topological polar surface area (TPSA) is 104 Å². The molecule has 0 heterocycles. The van der Waals surface area contributed by atoms with E-state index >= 15 is 0 Å². The molecule has 21 heavy (non-hydrogen) atoms. The van der Waals surface area contributed by atoms with Crippen LogP contribution >= 0.6 is 0 Å². The van der Waals surface area contributed by atoms with E-state index in [1.165, 1.54) is 0 Å². The van der Waals surface area contributed by atoms with Crippen LogP contribution in [0.5, 0.6) is 0 Å². The minimum Gasteiger partial charge on any atom is -0.479 e. The Bertz CT molecular complexity index is 492. The van der Waals surface area contributed by atoms with Gasteiger partial charge >= 0.3 is 12.0 Å². The van der Waals surface area contributed by atoms with Crippen LogP contribution in [0.1, 0.15) is 37.3 Å². The number of carboxylic acid groups (broad SMARTS) is 1. The van der Waals surface area contributed by atoms with Gasteiger partial charge in [0.15, 0.2) is 6.04 Å². The Morgan fingerprint density at radius 3 is 2.48 bits per heavy atom. The Balaban J connectivity index is 1.97. The minimum absolute atomic E-state index is 0.0653. The number of rotatable bonds is 4. The van der Waals surface area contributed by atoms with Gasteiger partial charge in [0.1, 0.15) is 0 Å². The molecule has 1 fully saturated rings. The third-order valence-corrected chi connectivity index (χ3v) is 3.79. The largest absolute Gasteiger partial charge is 0.479 e. The van der Waals surface area contributed by atoms with Crippen molar-refractivity contribution < 1.29 is 14.7 Å². The number of benzene rings is 1. The normalized spacial score (nSPS) is 23.1. The van der Waals surface area contributed by atoms with Gasteiger partial charge in [-0.05, 0) is 18.4 Å². The summed E-state index contributed by atoms with van der Waals surface area (Å²) in [6, 6.07) is 6.90. The Morgan fingerprint density at radius 1 is 1.19 bits per heavy atom. The molecule has 0 aliphatic heterocycles. The Kier molecular flexibility index (Phi) is 5.16. The first-order valence-corrected chi connectivity index (χ1v) is 7.18. The maximum atomic E-state index is 12.0. The van der Waals surface area contributed by atoms with E-state index < -0.39 is 18.0 Å². The van der Waals surface area contributed by atoms with Crippen molar-refractivity contribution in [3.05, 3.63) is 35.9 Å². The van der Waals surface area contributed by atoms with Crippen LogP contribution < -0.4 is 16.4 Å². The van der Waals surface area contributed by atoms with Crippen molar-refractivity contribution in [1.82, 2.24) is 10.6 Å². The highest BCUT2D eigenvalue weighted by Crippen LogP contribution is 2.17. The van der Waals surface area contributed by atoms with Gasteiger partial charge < -0.3 is 21.5 Å². The molecule has 5 N–H and O–H groups in total. The van der Waals surface area contributed by atoms with E-state index in [1.807, 2.05) is 0 Å². The molecule has 0 aromatic heterocycles. The highest BCUT2D eigenvalue weighted by Gasteiger charge is 2.26. The molecule has 6 nitrogen and oxygen atoms in total. The molecule has 2 rings (SSSR count). The maximum Gasteiger partial charge on any atom is 0.330 e. The molecule has 1 aliphatic rings. The van der Waals surface area contributed by atoms with Gasteiger partial charge in [0, 0.05) is 12.1 Å². The molecule has 114 valence electrons. The number of aliphatic carboxylic acids is 1. The molecule has 1 saturated carbocycles. The zero-order chi connectivity index (χ0) is 15.2. The Hall–Kier alpha value is -2.08. The van der Waals surface area contributed by atoms with Crippen LogP contribution in [0.2, 0.25) is 0 Å². The van der Waals surface area contributed by atoms with E-state index in [2.05, 4.69) is 10.6 Å². The molecule has 6 heteroatoms. The number of nitrogens with two attached hydrogens (primary N) is 1. The van der Waals surface area contributed by atoms with Crippen LogP contribution in [-0.2, 0) is 4.79 Å². The summed E-state index contributed by atoms with van der Waals surface area (Å²) in [6.45, 7) is 0. The molecule has 0 saturated heterocycles. The van der Waals surface area contributed by atoms with Crippen LogP contribution in [0, 0.1) is 0 Å². The van der Waals surface area contributed by atoms with E-state index in [4.69, 9.17) is 5.73 Å². The predicted molar refractivity (Wildman–Crippen MR) is 78.7 cm³/mol. The second kappa shape index (κ2) is 7.08.